The second-order valence-electron chi connectivity index (χ2n) is 6.04. The summed E-state index contributed by atoms with van der Waals surface area (Å²) in [6.45, 7) is 7.27. The molecule has 0 aromatic rings. The van der Waals surface area contributed by atoms with Crippen LogP contribution in [0.4, 0.5) is 0 Å². The molecule has 0 fully saturated rings. The summed E-state index contributed by atoms with van der Waals surface area (Å²) < 4.78 is 0. The molecular formula is C14H27N3O4. The Morgan fingerprint density at radius 2 is 1.52 bits per heavy atom. The van der Waals surface area contributed by atoms with E-state index in [9.17, 15) is 14.4 Å². The Hall–Kier alpha value is -1.63. The van der Waals surface area contributed by atoms with E-state index in [0.717, 1.165) is 0 Å². The van der Waals surface area contributed by atoms with Crippen molar-refractivity contribution >= 4 is 17.8 Å². The van der Waals surface area contributed by atoms with Crippen molar-refractivity contribution in [2.75, 3.05) is 6.54 Å². The van der Waals surface area contributed by atoms with Crippen molar-refractivity contribution in [1.82, 2.24) is 10.6 Å². The topological polar surface area (TPSA) is 122 Å². The van der Waals surface area contributed by atoms with Crippen molar-refractivity contribution in [3.8, 4) is 0 Å². The van der Waals surface area contributed by atoms with Crippen LogP contribution in [0.15, 0.2) is 0 Å². The zero-order chi connectivity index (χ0) is 16.6. The van der Waals surface area contributed by atoms with E-state index >= 15 is 0 Å². The summed E-state index contributed by atoms with van der Waals surface area (Å²) in [6.07, 6.45) is 0.947. The van der Waals surface area contributed by atoms with E-state index in [1.807, 2.05) is 27.7 Å². The highest BCUT2D eigenvalue weighted by atomic mass is 16.4. The first-order chi connectivity index (χ1) is 9.63. The number of carboxylic acid groups (broad SMARTS) is 1. The second-order valence-corrected chi connectivity index (χ2v) is 6.04. The van der Waals surface area contributed by atoms with Crippen molar-refractivity contribution in [3.63, 3.8) is 0 Å². The first kappa shape index (κ1) is 19.4. The summed E-state index contributed by atoms with van der Waals surface area (Å²) in [5, 5.41) is 13.5. The van der Waals surface area contributed by atoms with Crippen LogP contribution in [0.3, 0.4) is 0 Å². The molecule has 0 aromatic heterocycles. The minimum absolute atomic E-state index is 0.173. The number of nitrogens with two attached hydrogens (primary N) is 1. The number of hydrogen-bond donors (Lipinski definition) is 4. The number of hydrogen-bond acceptors (Lipinski definition) is 4. The first-order valence-corrected chi connectivity index (χ1v) is 7.18. The molecule has 0 rings (SSSR count). The van der Waals surface area contributed by atoms with Crippen molar-refractivity contribution in [2.45, 2.75) is 52.6 Å². The quantitative estimate of drug-likeness (QED) is 0.481. The largest absolute Gasteiger partial charge is 0.480 e. The maximum Gasteiger partial charge on any atom is 0.322 e. The molecule has 122 valence electrons. The van der Waals surface area contributed by atoms with E-state index < -0.39 is 30.5 Å². The molecule has 7 nitrogen and oxygen atoms in total. The van der Waals surface area contributed by atoms with Crippen LogP contribution in [0, 0.1) is 11.8 Å². The number of rotatable bonds is 9. The van der Waals surface area contributed by atoms with Crippen molar-refractivity contribution in [2.24, 2.45) is 17.6 Å². The standard InChI is InChI=1S/C14H27N3O4/c1-8(2)5-10(15)13(20)17-11(6-9(3)4)14(21)16-7-12(18)19/h8-11H,5-7,15H2,1-4H3,(H,16,21)(H,17,20)(H,18,19)/t10-,11+/m0/s1. The molecule has 7 heteroatoms. The SMILES string of the molecule is CC(C)C[C@H](N)C(=O)N[C@H](CC(C)C)C(=O)NCC(=O)O. The lowest BCUT2D eigenvalue weighted by molar-refractivity contribution is -0.138. The fraction of sp³-hybridized carbons (Fsp3) is 0.786. The molecule has 0 spiro atoms. The smallest absolute Gasteiger partial charge is 0.322 e. The van der Waals surface area contributed by atoms with Gasteiger partial charge in [-0.3, -0.25) is 14.4 Å². The zero-order valence-electron chi connectivity index (χ0n) is 13.2. The minimum Gasteiger partial charge on any atom is -0.480 e. The number of aliphatic carboxylic acids is 1. The number of carbonyl (C=O) groups excluding carboxylic acids is 2. The van der Waals surface area contributed by atoms with Gasteiger partial charge in [-0.2, -0.15) is 0 Å². The molecule has 0 radical (unpaired) electrons. The van der Waals surface area contributed by atoms with E-state index in [-0.39, 0.29) is 17.7 Å². The predicted octanol–water partition coefficient (Wildman–Crippen LogP) is 0.0915. The van der Waals surface area contributed by atoms with Crippen LogP contribution in [0.25, 0.3) is 0 Å². The van der Waals surface area contributed by atoms with Crippen molar-refractivity contribution in [3.05, 3.63) is 0 Å². The number of amides is 2. The van der Waals surface area contributed by atoms with Gasteiger partial charge in [0.05, 0.1) is 6.04 Å². The van der Waals surface area contributed by atoms with Crippen LogP contribution in [-0.2, 0) is 14.4 Å². The highest BCUT2D eigenvalue weighted by Crippen LogP contribution is 2.07. The number of nitrogens with one attached hydrogen (secondary N) is 2. The summed E-state index contributed by atoms with van der Waals surface area (Å²) in [6, 6.07) is -1.44. The van der Waals surface area contributed by atoms with Crippen molar-refractivity contribution in [1.29, 1.82) is 0 Å². The summed E-state index contributed by atoms with van der Waals surface area (Å²) in [5.41, 5.74) is 5.78. The predicted molar refractivity (Wildman–Crippen MR) is 79.5 cm³/mol. The lowest BCUT2D eigenvalue weighted by Gasteiger charge is -2.22. The van der Waals surface area contributed by atoms with Crippen molar-refractivity contribution < 1.29 is 19.5 Å². The van der Waals surface area contributed by atoms with Gasteiger partial charge in [-0.05, 0) is 24.7 Å². The summed E-state index contributed by atoms with van der Waals surface area (Å²) in [7, 11) is 0. The fourth-order valence-electron chi connectivity index (χ4n) is 1.88. The normalized spacial score (nSPS) is 13.9. The highest BCUT2D eigenvalue weighted by Gasteiger charge is 2.25. The van der Waals surface area contributed by atoms with Crippen LogP contribution in [-0.4, -0.2) is 41.5 Å². The summed E-state index contributed by atoms with van der Waals surface area (Å²) in [5.74, 6) is -1.58. The minimum atomic E-state index is -1.13. The van der Waals surface area contributed by atoms with E-state index in [1.54, 1.807) is 0 Å². The first-order valence-electron chi connectivity index (χ1n) is 7.18. The van der Waals surface area contributed by atoms with E-state index in [2.05, 4.69) is 10.6 Å². The van der Waals surface area contributed by atoms with Crippen LogP contribution in [0.1, 0.15) is 40.5 Å². The molecule has 0 heterocycles. The number of carbonyl (C=O) groups is 3. The third kappa shape index (κ3) is 9.01. The molecule has 0 aliphatic heterocycles. The molecule has 2 amide bonds. The van der Waals surface area contributed by atoms with Crippen LogP contribution < -0.4 is 16.4 Å². The molecule has 0 aromatic carbocycles. The third-order valence-electron chi connectivity index (χ3n) is 2.82. The van der Waals surface area contributed by atoms with Gasteiger partial charge in [0.15, 0.2) is 0 Å². The average Bonchev–Trinajstić information content (AvgIpc) is 2.33. The van der Waals surface area contributed by atoms with Gasteiger partial charge in [-0.1, -0.05) is 27.7 Å². The molecule has 0 saturated heterocycles. The Balaban J connectivity index is 4.64. The van der Waals surface area contributed by atoms with Gasteiger partial charge >= 0.3 is 5.97 Å². The third-order valence-corrected chi connectivity index (χ3v) is 2.82. The van der Waals surface area contributed by atoms with Gasteiger partial charge in [0.1, 0.15) is 12.6 Å². The zero-order valence-corrected chi connectivity index (χ0v) is 13.2. The molecule has 0 aliphatic carbocycles. The lowest BCUT2D eigenvalue weighted by atomic mass is 10.0. The second kappa shape index (κ2) is 9.33. The summed E-state index contributed by atoms with van der Waals surface area (Å²) >= 11 is 0. The molecule has 2 atom stereocenters. The Morgan fingerprint density at radius 1 is 1.00 bits per heavy atom. The Bertz CT molecular complexity index is 369. The number of carboxylic acids is 1. The van der Waals surface area contributed by atoms with E-state index in [4.69, 9.17) is 10.8 Å². The Kier molecular flexibility index (Phi) is 8.61. The van der Waals surface area contributed by atoms with Crippen LogP contribution in [0.2, 0.25) is 0 Å². The van der Waals surface area contributed by atoms with Gasteiger partial charge in [-0.15, -0.1) is 0 Å². The molecule has 0 bridgehead atoms. The molecule has 21 heavy (non-hydrogen) atoms. The molecule has 5 N–H and O–H groups in total. The highest BCUT2D eigenvalue weighted by molar-refractivity contribution is 5.90. The van der Waals surface area contributed by atoms with Gasteiger partial charge < -0.3 is 21.5 Å². The average molecular weight is 301 g/mol. The van der Waals surface area contributed by atoms with Crippen LogP contribution >= 0.6 is 0 Å². The Morgan fingerprint density at radius 3 is 1.95 bits per heavy atom. The monoisotopic (exact) mass is 301 g/mol. The maximum atomic E-state index is 12.0. The van der Waals surface area contributed by atoms with E-state index in [1.165, 1.54) is 0 Å². The van der Waals surface area contributed by atoms with Crippen LogP contribution in [0.5, 0.6) is 0 Å². The van der Waals surface area contributed by atoms with Gasteiger partial charge in [0, 0.05) is 0 Å². The fourth-order valence-corrected chi connectivity index (χ4v) is 1.88. The Labute approximate surface area is 125 Å². The summed E-state index contributed by atoms with van der Waals surface area (Å²) in [4.78, 5) is 34.4. The molecule has 0 unspecified atom stereocenters. The van der Waals surface area contributed by atoms with Gasteiger partial charge in [0.25, 0.3) is 0 Å². The molecular weight excluding hydrogens is 274 g/mol. The van der Waals surface area contributed by atoms with Gasteiger partial charge in [-0.25, -0.2) is 0 Å². The molecule has 0 aliphatic rings. The maximum absolute atomic E-state index is 12.0. The van der Waals surface area contributed by atoms with Gasteiger partial charge in [0.2, 0.25) is 11.8 Å². The van der Waals surface area contributed by atoms with E-state index in [0.29, 0.717) is 12.8 Å². The lowest BCUT2D eigenvalue weighted by Crippen LogP contribution is -2.52. The molecule has 0 saturated carbocycles.